The van der Waals surface area contributed by atoms with Gasteiger partial charge in [-0.05, 0) is 12.3 Å². The normalized spacial score (nSPS) is 15.0. The molecule has 0 aliphatic heterocycles. The summed E-state index contributed by atoms with van der Waals surface area (Å²) in [7, 11) is 0. The summed E-state index contributed by atoms with van der Waals surface area (Å²) in [6.45, 7) is 3.32. The predicted octanol–water partition coefficient (Wildman–Crippen LogP) is -4.08. The van der Waals surface area contributed by atoms with E-state index in [4.69, 9.17) is 22.9 Å². The highest BCUT2D eigenvalue weighted by molar-refractivity contribution is 5.97. The van der Waals surface area contributed by atoms with Crippen LogP contribution < -0.4 is 38.9 Å². The number of carboxylic acid groups (broad SMARTS) is 1. The Morgan fingerprint density at radius 1 is 0.765 bits per heavy atom. The zero-order chi connectivity index (χ0) is 26.6. The first-order chi connectivity index (χ1) is 15.7. The molecule has 0 spiro atoms. The third kappa shape index (κ3) is 11.2. The summed E-state index contributed by atoms with van der Waals surface area (Å²) in [6, 6.07) is -5.71. The molecule has 0 saturated heterocycles. The van der Waals surface area contributed by atoms with Crippen molar-refractivity contribution < 1.29 is 38.7 Å². The zero-order valence-corrected chi connectivity index (χ0v) is 19.0. The summed E-state index contributed by atoms with van der Waals surface area (Å²) < 4.78 is 0. The van der Waals surface area contributed by atoms with E-state index >= 15 is 0 Å². The molecule has 5 unspecified atom stereocenters. The fourth-order valence-electron chi connectivity index (χ4n) is 2.76. The van der Waals surface area contributed by atoms with E-state index in [0.29, 0.717) is 6.42 Å². The second-order valence-electron chi connectivity index (χ2n) is 7.78. The predicted molar refractivity (Wildman–Crippen MR) is 117 cm³/mol. The average molecular weight is 488 g/mol. The Kier molecular flexibility index (Phi) is 12.8. The van der Waals surface area contributed by atoms with Crippen molar-refractivity contribution in [3.63, 3.8) is 0 Å². The standard InChI is InChI=1S/C19H33N7O8/c1-3-8(2)15(19(33)34)26-17(31)10(4-5-12(21)27)24-18(32)11(7-14(23)29)25-16(30)9(20)6-13(22)28/h8-11,15H,3-7,20H2,1-2H3,(H2,21,27)(H2,22,28)(H2,23,29)(H,24,32)(H,25,30)(H,26,31)(H,33,34). The number of amides is 6. The van der Waals surface area contributed by atoms with Gasteiger partial charge in [0.1, 0.15) is 18.1 Å². The Bertz CT molecular complexity index is 804. The summed E-state index contributed by atoms with van der Waals surface area (Å²) in [5.74, 6) is -7.35. The number of carbonyl (C=O) groups excluding carboxylic acids is 6. The summed E-state index contributed by atoms with van der Waals surface area (Å²) in [6.07, 6.45) is -1.43. The first-order valence-corrected chi connectivity index (χ1v) is 10.4. The van der Waals surface area contributed by atoms with Crippen molar-refractivity contribution >= 4 is 41.4 Å². The molecule has 34 heavy (non-hydrogen) atoms. The molecule has 12 N–H and O–H groups in total. The van der Waals surface area contributed by atoms with Crippen LogP contribution in [0.25, 0.3) is 0 Å². The maximum absolute atomic E-state index is 12.7. The number of hydrogen-bond acceptors (Lipinski definition) is 8. The van der Waals surface area contributed by atoms with E-state index in [2.05, 4.69) is 16.0 Å². The van der Waals surface area contributed by atoms with E-state index in [1.165, 1.54) is 0 Å². The van der Waals surface area contributed by atoms with Gasteiger partial charge in [-0.3, -0.25) is 28.8 Å². The number of carbonyl (C=O) groups is 7. The Balaban J connectivity index is 5.65. The van der Waals surface area contributed by atoms with Gasteiger partial charge in [0.15, 0.2) is 0 Å². The molecule has 15 heteroatoms. The fourth-order valence-corrected chi connectivity index (χ4v) is 2.76. The number of aliphatic carboxylic acids is 1. The largest absolute Gasteiger partial charge is 0.480 e. The molecule has 0 aromatic carbocycles. The Morgan fingerprint density at radius 3 is 1.71 bits per heavy atom. The van der Waals surface area contributed by atoms with E-state index in [1.54, 1.807) is 13.8 Å². The SMILES string of the molecule is CCC(C)C(NC(=O)C(CCC(N)=O)NC(=O)C(CC(N)=O)NC(=O)C(N)CC(N)=O)C(=O)O. The minimum atomic E-state index is -1.59. The van der Waals surface area contributed by atoms with Crippen LogP contribution in [0.1, 0.15) is 46.0 Å². The van der Waals surface area contributed by atoms with Crippen LogP contribution in [0.2, 0.25) is 0 Å². The van der Waals surface area contributed by atoms with Gasteiger partial charge in [-0.25, -0.2) is 4.79 Å². The highest BCUT2D eigenvalue weighted by Gasteiger charge is 2.32. The van der Waals surface area contributed by atoms with Gasteiger partial charge in [-0.2, -0.15) is 0 Å². The van der Waals surface area contributed by atoms with Crippen molar-refractivity contribution in [2.75, 3.05) is 0 Å². The van der Waals surface area contributed by atoms with Gasteiger partial charge < -0.3 is 44.0 Å². The van der Waals surface area contributed by atoms with Gasteiger partial charge in [-0.1, -0.05) is 20.3 Å². The van der Waals surface area contributed by atoms with E-state index in [1.807, 2.05) is 0 Å². The highest BCUT2D eigenvalue weighted by Crippen LogP contribution is 2.09. The van der Waals surface area contributed by atoms with E-state index in [0.717, 1.165) is 0 Å². The van der Waals surface area contributed by atoms with Crippen molar-refractivity contribution in [2.45, 2.75) is 70.1 Å². The minimum Gasteiger partial charge on any atom is -0.480 e. The number of nitrogens with two attached hydrogens (primary N) is 4. The summed E-state index contributed by atoms with van der Waals surface area (Å²) >= 11 is 0. The lowest BCUT2D eigenvalue weighted by molar-refractivity contribution is -0.144. The Hall–Kier alpha value is -3.75. The molecule has 0 fully saturated rings. The molecule has 15 nitrogen and oxygen atoms in total. The molecule has 0 bridgehead atoms. The second-order valence-corrected chi connectivity index (χ2v) is 7.78. The van der Waals surface area contributed by atoms with E-state index in [-0.39, 0.29) is 12.8 Å². The number of rotatable bonds is 16. The number of hydrogen-bond donors (Lipinski definition) is 8. The van der Waals surface area contributed by atoms with Gasteiger partial charge >= 0.3 is 5.97 Å². The first-order valence-electron chi connectivity index (χ1n) is 10.4. The van der Waals surface area contributed by atoms with Crippen molar-refractivity contribution in [1.29, 1.82) is 0 Å². The van der Waals surface area contributed by atoms with Gasteiger partial charge in [0.2, 0.25) is 35.4 Å². The van der Waals surface area contributed by atoms with Gasteiger partial charge in [0.25, 0.3) is 0 Å². The molecule has 0 saturated carbocycles. The highest BCUT2D eigenvalue weighted by atomic mass is 16.4. The quantitative estimate of drug-likeness (QED) is 0.105. The molecule has 0 aromatic rings. The molecule has 0 rings (SSSR count). The van der Waals surface area contributed by atoms with Crippen LogP contribution in [-0.2, 0) is 33.6 Å². The minimum absolute atomic E-state index is 0.293. The number of nitrogens with one attached hydrogen (secondary N) is 3. The molecule has 5 atom stereocenters. The van der Waals surface area contributed by atoms with Crippen LogP contribution in [0.15, 0.2) is 0 Å². The summed E-state index contributed by atoms with van der Waals surface area (Å²) in [5, 5.41) is 16.1. The smallest absolute Gasteiger partial charge is 0.326 e. The monoisotopic (exact) mass is 487 g/mol. The van der Waals surface area contributed by atoms with Crippen LogP contribution in [0.5, 0.6) is 0 Å². The molecule has 0 heterocycles. The van der Waals surface area contributed by atoms with Crippen molar-refractivity contribution in [1.82, 2.24) is 16.0 Å². The molecule has 192 valence electrons. The van der Waals surface area contributed by atoms with Crippen molar-refractivity contribution in [3.05, 3.63) is 0 Å². The van der Waals surface area contributed by atoms with Gasteiger partial charge in [0.05, 0.1) is 18.9 Å². The van der Waals surface area contributed by atoms with Crippen LogP contribution >= 0.6 is 0 Å². The van der Waals surface area contributed by atoms with Gasteiger partial charge in [-0.15, -0.1) is 0 Å². The van der Waals surface area contributed by atoms with Crippen LogP contribution in [0.4, 0.5) is 0 Å². The zero-order valence-electron chi connectivity index (χ0n) is 19.0. The third-order valence-corrected chi connectivity index (χ3v) is 4.89. The topological polar surface area (TPSA) is 280 Å². The third-order valence-electron chi connectivity index (χ3n) is 4.89. The molecule has 0 aromatic heterocycles. The average Bonchev–Trinajstić information content (AvgIpc) is 2.72. The lowest BCUT2D eigenvalue weighted by Gasteiger charge is -2.26. The summed E-state index contributed by atoms with van der Waals surface area (Å²) in [4.78, 5) is 82.7. The summed E-state index contributed by atoms with van der Waals surface area (Å²) in [5.41, 5.74) is 20.7. The second kappa shape index (κ2) is 14.4. The fraction of sp³-hybridized carbons (Fsp3) is 0.632. The van der Waals surface area contributed by atoms with Crippen molar-refractivity contribution in [2.24, 2.45) is 28.9 Å². The maximum Gasteiger partial charge on any atom is 0.326 e. The first kappa shape index (κ1) is 30.2. The molecule has 0 radical (unpaired) electrons. The van der Waals surface area contributed by atoms with Gasteiger partial charge in [0, 0.05) is 6.42 Å². The Labute approximate surface area is 195 Å². The number of primary amides is 3. The maximum atomic E-state index is 12.7. The lowest BCUT2D eigenvalue weighted by atomic mass is 9.98. The van der Waals surface area contributed by atoms with E-state index in [9.17, 15) is 38.7 Å². The Morgan fingerprint density at radius 2 is 1.26 bits per heavy atom. The lowest BCUT2D eigenvalue weighted by Crippen LogP contribution is -2.58. The molecule has 0 aliphatic carbocycles. The molecule has 0 aliphatic rings. The number of carboxylic acids is 1. The molecular weight excluding hydrogens is 454 g/mol. The van der Waals surface area contributed by atoms with Crippen molar-refractivity contribution in [3.8, 4) is 0 Å². The molecular formula is C19H33N7O8. The van der Waals surface area contributed by atoms with Crippen LogP contribution in [-0.4, -0.2) is 70.7 Å². The van der Waals surface area contributed by atoms with Crippen LogP contribution in [0.3, 0.4) is 0 Å². The van der Waals surface area contributed by atoms with E-state index < -0.39 is 84.3 Å². The molecule has 6 amide bonds. The van der Waals surface area contributed by atoms with Crippen LogP contribution in [0, 0.1) is 5.92 Å².